The molecule has 0 bridgehead atoms. The molecule has 1 heterocycles. The molecule has 0 unspecified atom stereocenters. The van der Waals surface area contributed by atoms with Gasteiger partial charge in [-0.15, -0.1) is 0 Å². The summed E-state index contributed by atoms with van der Waals surface area (Å²) in [6, 6.07) is 9.82. The van der Waals surface area contributed by atoms with Crippen molar-refractivity contribution in [3.05, 3.63) is 51.5 Å². The maximum atomic E-state index is 5.81. The molecule has 0 aliphatic heterocycles. The summed E-state index contributed by atoms with van der Waals surface area (Å²) >= 11 is 2.26. The number of halogens is 1. The predicted octanol–water partition coefficient (Wildman–Crippen LogP) is 3.06. The summed E-state index contributed by atoms with van der Waals surface area (Å²) in [5.41, 5.74) is 7.85. The molecule has 2 aromatic rings. The molecular weight excluding hydrogens is 289 g/mol. The first-order valence-electron chi connectivity index (χ1n) is 4.32. The Morgan fingerprint density at radius 2 is 2.07 bits per heavy atom. The molecule has 0 amide bonds. The Kier molecular flexibility index (Phi) is 2.77. The minimum atomic E-state index is 0.802. The van der Waals surface area contributed by atoms with Crippen molar-refractivity contribution in [3.8, 4) is 0 Å². The second-order valence-electron chi connectivity index (χ2n) is 3.08. The average molecular weight is 299 g/mol. The average Bonchev–Trinajstić information content (AvgIpc) is 2.66. The molecule has 0 fully saturated rings. The Morgan fingerprint density at radius 3 is 2.79 bits per heavy atom. The summed E-state index contributed by atoms with van der Waals surface area (Å²) in [6.45, 7) is 0. The Balaban J connectivity index is 2.29. The summed E-state index contributed by atoms with van der Waals surface area (Å²) in [7, 11) is 0. The van der Waals surface area contributed by atoms with E-state index in [-0.39, 0.29) is 0 Å². The molecule has 1 aromatic heterocycles. The zero-order valence-corrected chi connectivity index (χ0v) is 9.69. The lowest BCUT2D eigenvalue weighted by Gasteiger charge is -2.04. The van der Waals surface area contributed by atoms with E-state index in [2.05, 4.69) is 28.7 Å². The lowest BCUT2D eigenvalue weighted by molar-refractivity contribution is 0.520. The number of hydrogen-bond acceptors (Lipinski definition) is 2. The van der Waals surface area contributed by atoms with E-state index in [1.807, 2.05) is 24.3 Å². The molecule has 0 saturated carbocycles. The highest BCUT2D eigenvalue weighted by molar-refractivity contribution is 14.1. The molecule has 0 radical (unpaired) electrons. The van der Waals surface area contributed by atoms with Gasteiger partial charge in [0.05, 0.1) is 6.26 Å². The number of anilines is 1. The highest BCUT2D eigenvalue weighted by atomic mass is 127. The van der Waals surface area contributed by atoms with E-state index < -0.39 is 0 Å². The third kappa shape index (κ3) is 1.92. The largest absolute Gasteiger partial charge is 0.469 e. The number of rotatable bonds is 2. The molecule has 1 aromatic carbocycles. The summed E-state index contributed by atoms with van der Waals surface area (Å²) < 4.78 is 6.40. The van der Waals surface area contributed by atoms with E-state index >= 15 is 0 Å². The van der Waals surface area contributed by atoms with Crippen molar-refractivity contribution in [2.75, 3.05) is 5.73 Å². The maximum Gasteiger partial charge on any atom is 0.108 e. The smallest absolute Gasteiger partial charge is 0.108 e. The van der Waals surface area contributed by atoms with E-state index in [0.717, 1.165) is 21.4 Å². The second kappa shape index (κ2) is 4.04. The molecule has 2 nitrogen and oxygen atoms in total. The van der Waals surface area contributed by atoms with Crippen LogP contribution in [-0.4, -0.2) is 0 Å². The van der Waals surface area contributed by atoms with Gasteiger partial charge in [-0.2, -0.15) is 0 Å². The van der Waals surface area contributed by atoms with Crippen LogP contribution in [0.15, 0.2) is 41.0 Å². The fourth-order valence-electron chi connectivity index (χ4n) is 1.34. The highest BCUT2D eigenvalue weighted by Gasteiger charge is 2.04. The fourth-order valence-corrected chi connectivity index (χ4v) is 1.89. The van der Waals surface area contributed by atoms with Crippen LogP contribution in [0.3, 0.4) is 0 Å². The third-order valence-electron chi connectivity index (χ3n) is 2.05. The quantitative estimate of drug-likeness (QED) is 0.684. The van der Waals surface area contributed by atoms with Crippen LogP contribution < -0.4 is 5.73 Å². The second-order valence-corrected chi connectivity index (χ2v) is 4.16. The Hall–Kier alpha value is -0.970. The summed E-state index contributed by atoms with van der Waals surface area (Å²) in [4.78, 5) is 0. The summed E-state index contributed by atoms with van der Waals surface area (Å²) in [5, 5.41) is 0. The van der Waals surface area contributed by atoms with Gasteiger partial charge in [0.1, 0.15) is 5.76 Å². The van der Waals surface area contributed by atoms with Crippen LogP contribution in [0.2, 0.25) is 0 Å². The lowest BCUT2D eigenvalue weighted by atomic mass is 10.1. The van der Waals surface area contributed by atoms with Crippen molar-refractivity contribution in [2.45, 2.75) is 6.42 Å². The SMILES string of the molecule is Nc1cccc(Cc2ccco2)c1I. The Labute approximate surface area is 96.2 Å². The summed E-state index contributed by atoms with van der Waals surface area (Å²) in [5.74, 6) is 0.966. The number of furan rings is 1. The monoisotopic (exact) mass is 299 g/mol. The number of benzene rings is 1. The van der Waals surface area contributed by atoms with Gasteiger partial charge in [0.15, 0.2) is 0 Å². The Bertz CT molecular complexity index is 423. The summed E-state index contributed by atoms with van der Waals surface area (Å²) in [6.07, 6.45) is 2.49. The molecule has 0 saturated heterocycles. The van der Waals surface area contributed by atoms with Gasteiger partial charge in [0.25, 0.3) is 0 Å². The molecule has 72 valence electrons. The van der Waals surface area contributed by atoms with Crippen LogP contribution in [0, 0.1) is 3.57 Å². The first-order chi connectivity index (χ1) is 6.77. The molecule has 0 spiro atoms. The van der Waals surface area contributed by atoms with Crippen LogP contribution in [0.1, 0.15) is 11.3 Å². The molecule has 0 aliphatic carbocycles. The van der Waals surface area contributed by atoms with Crippen LogP contribution in [-0.2, 0) is 6.42 Å². The van der Waals surface area contributed by atoms with Crippen molar-refractivity contribution in [2.24, 2.45) is 0 Å². The van der Waals surface area contributed by atoms with Crippen molar-refractivity contribution in [1.82, 2.24) is 0 Å². The zero-order valence-electron chi connectivity index (χ0n) is 7.53. The highest BCUT2D eigenvalue weighted by Crippen LogP contribution is 2.21. The molecule has 3 heteroatoms. The maximum absolute atomic E-state index is 5.81. The molecular formula is C11H10INO. The van der Waals surface area contributed by atoms with Crippen LogP contribution in [0.25, 0.3) is 0 Å². The van der Waals surface area contributed by atoms with Crippen LogP contribution in [0.4, 0.5) is 5.69 Å². The van der Waals surface area contributed by atoms with Gasteiger partial charge in [0.2, 0.25) is 0 Å². The predicted molar refractivity (Wildman–Crippen MR) is 65.1 cm³/mol. The van der Waals surface area contributed by atoms with Crippen LogP contribution in [0.5, 0.6) is 0 Å². The standard InChI is InChI=1S/C11H10INO/c12-11-8(3-1-5-10(11)13)7-9-4-2-6-14-9/h1-6H,7,13H2. The van der Waals surface area contributed by atoms with E-state index in [0.29, 0.717) is 0 Å². The van der Waals surface area contributed by atoms with E-state index in [1.165, 1.54) is 5.56 Å². The molecule has 0 atom stereocenters. The zero-order chi connectivity index (χ0) is 9.97. The third-order valence-corrected chi connectivity index (χ3v) is 3.37. The number of hydrogen-bond donors (Lipinski definition) is 1. The van der Waals surface area contributed by atoms with Crippen molar-refractivity contribution in [1.29, 1.82) is 0 Å². The van der Waals surface area contributed by atoms with Gasteiger partial charge in [-0.1, -0.05) is 12.1 Å². The minimum Gasteiger partial charge on any atom is -0.469 e. The van der Waals surface area contributed by atoms with E-state index in [4.69, 9.17) is 10.2 Å². The first kappa shape index (κ1) is 9.58. The van der Waals surface area contributed by atoms with Crippen molar-refractivity contribution >= 4 is 28.3 Å². The van der Waals surface area contributed by atoms with Crippen molar-refractivity contribution in [3.63, 3.8) is 0 Å². The normalized spacial score (nSPS) is 10.4. The van der Waals surface area contributed by atoms with Gasteiger partial charge in [-0.25, -0.2) is 0 Å². The van der Waals surface area contributed by atoms with Gasteiger partial charge < -0.3 is 10.2 Å². The fraction of sp³-hybridized carbons (Fsp3) is 0.0909. The topological polar surface area (TPSA) is 39.2 Å². The van der Waals surface area contributed by atoms with Crippen molar-refractivity contribution < 1.29 is 4.42 Å². The Morgan fingerprint density at radius 1 is 1.21 bits per heavy atom. The van der Waals surface area contributed by atoms with E-state index in [1.54, 1.807) is 6.26 Å². The molecule has 2 rings (SSSR count). The minimum absolute atomic E-state index is 0.802. The van der Waals surface area contributed by atoms with E-state index in [9.17, 15) is 0 Å². The first-order valence-corrected chi connectivity index (χ1v) is 5.40. The molecule has 0 aliphatic rings. The van der Waals surface area contributed by atoms with Gasteiger partial charge >= 0.3 is 0 Å². The van der Waals surface area contributed by atoms with Gasteiger partial charge in [0, 0.05) is 15.7 Å². The molecule has 14 heavy (non-hydrogen) atoms. The number of nitrogen functional groups attached to an aromatic ring is 1. The lowest BCUT2D eigenvalue weighted by Crippen LogP contribution is -1.95. The van der Waals surface area contributed by atoms with Crippen LogP contribution >= 0.6 is 22.6 Å². The molecule has 2 N–H and O–H groups in total. The van der Waals surface area contributed by atoms with Gasteiger partial charge in [-0.3, -0.25) is 0 Å². The van der Waals surface area contributed by atoms with Gasteiger partial charge in [-0.05, 0) is 46.4 Å². The number of nitrogens with two attached hydrogens (primary N) is 1.